The summed E-state index contributed by atoms with van der Waals surface area (Å²) in [7, 11) is 0. The first-order valence-corrected chi connectivity index (χ1v) is 8.82. The topological polar surface area (TPSA) is 59.5 Å². The lowest BCUT2D eigenvalue weighted by Crippen LogP contribution is -2.39. The van der Waals surface area contributed by atoms with Crippen molar-refractivity contribution in [3.05, 3.63) is 63.9 Å². The summed E-state index contributed by atoms with van der Waals surface area (Å²) in [6.45, 7) is 5.34. The number of imide groups is 1. The second-order valence-electron chi connectivity index (χ2n) is 6.89. The molecule has 0 radical (unpaired) electrons. The van der Waals surface area contributed by atoms with Gasteiger partial charge in [0, 0.05) is 22.7 Å². The Morgan fingerprint density at radius 3 is 2.64 bits per heavy atom. The van der Waals surface area contributed by atoms with Crippen molar-refractivity contribution in [1.29, 1.82) is 0 Å². The monoisotopic (exact) mass is 402 g/mol. The number of benzene rings is 1. The van der Waals surface area contributed by atoms with Crippen LogP contribution in [-0.2, 0) is 11.2 Å². The van der Waals surface area contributed by atoms with Crippen LogP contribution in [0.5, 0.6) is 0 Å². The van der Waals surface area contributed by atoms with E-state index in [0.717, 1.165) is 15.7 Å². The molecule has 2 amide bonds. The number of amides is 2. The van der Waals surface area contributed by atoms with Crippen LogP contribution in [-0.4, -0.2) is 27.5 Å². The van der Waals surface area contributed by atoms with E-state index < -0.39 is 17.7 Å². The van der Waals surface area contributed by atoms with Crippen LogP contribution in [0.1, 0.15) is 48.4 Å². The Hall–Kier alpha value is -2.21. The second kappa shape index (κ2) is 6.59. The molecular formula is C19H19BrN2O3. The number of fused-ring (bicyclic) bond motifs is 1. The molecule has 1 aromatic heterocycles. The lowest BCUT2D eigenvalue weighted by molar-refractivity contribution is 0.0189. The van der Waals surface area contributed by atoms with Crippen LogP contribution in [0.15, 0.2) is 47.1 Å². The first-order chi connectivity index (χ1) is 11.8. The Labute approximate surface area is 155 Å². The molecule has 130 valence electrons. The minimum atomic E-state index is -0.678. The van der Waals surface area contributed by atoms with Crippen LogP contribution >= 0.6 is 15.9 Å². The molecule has 5 nitrogen and oxygen atoms in total. The lowest BCUT2D eigenvalue weighted by Gasteiger charge is -2.27. The zero-order chi connectivity index (χ0) is 18.2. The average molecular weight is 403 g/mol. The van der Waals surface area contributed by atoms with E-state index in [1.807, 2.05) is 24.3 Å². The first-order valence-electron chi connectivity index (χ1n) is 8.03. The summed E-state index contributed by atoms with van der Waals surface area (Å²) in [5.74, 6) is -0.332. The first kappa shape index (κ1) is 17.6. The highest BCUT2D eigenvalue weighted by atomic mass is 79.9. The van der Waals surface area contributed by atoms with Gasteiger partial charge in [0.15, 0.2) is 0 Å². The maximum atomic E-state index is 12.8. The van der Waals surface area contributed by atoms with Crippen molar-refractivity contribution < 1.29 is 14.3 Å². The highest BCUT2D eigenvalue weighted by Crippen LogP contribution is 2.37. The summed E-state index contributed by atoms with van der Waals surface area (Å²) in [5, 5.41) is 0. The molecule has 0 bridgehead atoms. The predicted molar refractivity (Wildman–Crippen MR) is 97.2 cm³/mol. The van der Waals surface area contributed by atoms with E-state index in [9.17, 15) is 9.59 Å². The standard InChI is InChI=1S/C19H19BrN2O3/c1-19(2,3)25-18(24)22-16(11-15-14(20)9-6-10-21-15)12-7-4-5-8-13(12)17(22)23/h4-10,16H,11H2,1-3H3. The predicted octanol–water partition coefficient (Wildman–Crippen LogP) is 4.52. The number of halogens is 1. The fourth-order valence-electron chi connectivity index (χ4n) is 2.87. The van der Waals surface area contributed by atoms with Gasteiger partial charge in [0.05, 0.1) is 11.7 Å². The maximum absolute atomic E-state index is 12.8. The largest absolute Gasteiger partial charge is 0.443 e. The number of nitrogens with zero attached hydrogens (tertiary/aromatic N) is 2. The fourth-order valence-corrected chi connectivity index (χ4v) is 3.28. The molecular weight excluding hydrogens is 384 g/mol. The highest BCUT2D eigenvalue weighted by molar-refractivity contribution is 9.10. The molecule has 3 rings (SSSR count). The molecule has 25 heavy (non-hydrogen) atoms. The molecule has 1 aliphatic heterocycles. The van der Waals surface area contributed by atoms with E-state index >= 15 is 0 Å². The molecule has 0 fully saturated rings. The number of carbonyl (C=O) groups excluding carboxylic acids is 2. The molecule has 1 aliphatic rings. The van der Waals surface area contributed by atoms with Gasteiger partial charge in [-0.2, -0.15) is 0 Å². The third kappa shape index (κ3) is 3.58. The Bertz CT molecular complexity index is 829. The molecule has 0 aliphatic carbocycles. The average Bonchev–Trinajstić information content (AvgIpc) is 2.81. The molecule has 2 heterocycles. The SMILES string of the molecule is CC(C)(C)OC(=O)N1C(=O)c2ccccc2C1Cc1ncccc1Br. The van der Waals surface area contributed by atoms with Gasteiger partial charge in [0.25, 0.3) is 5.91 Å². The van der Waals surface area contributed by atoms with E-state index in [0.29, 0.717) is 12.0 Å². The van der Waals surface area contributed by atoms with Gasteiger partial charge < -0.3 is 4.74 Å². The molecule has 0 spiro atoms. The van der Waals surface area contributed by atoms with Crippen molar-refractivity contribution in [2.24, 2.45) is 0 Å². The number of pyridine rings is 1. The summed E-state index contributed by atoms with van der Waals surface area (Å²) < 4.78 is 6.30. The number of carbonyl (C=O) groups is 2. The molecule has 1 atom stereocenters. The van der Waals surface area contributed by atoms with Gasteiger partial charge in [0.1, 0.15) is 5.60 Å². The Morgan fingerprint density at radius 2 is 1.96 bits per heavy atom. The Balaban J connectivity index is 1.99. The molecule has 0 saturated carbocycles. The van der Waals surface area contributed by atoms with Crippen molar-refractivity contribution in [3.63, 3.8) is 0 Å². The number of aromatic nitrogens is 1. The lowest BCUT2D eigenvalue weighted by atomic mass is 10.0. The minimum absolute atomic E-state index is 0.332. The number of ether oxygens (including phenoxy) is 1. The van der Waals surface area contributed by atoms with Gasteiger partial charge in [-0.05, 0) is 60.5 Å². The van der Waals surface area contributed by atoms with Crippen LogP contribution in [0.4, 0.5) is 4.79 Å². The highest BCUT2D eigenvalue weighted by Gasteiger charge is 2.42. The van der Waals surface area contributed by atoms with Crippen molar-refractivity contribution in [3.8, 4) is 0 Å². The number of hydrogen-bond donors (Lipinski definition) is 0. The van der Waals surface area contributed by atoms with Crippen LogP contribution in [0, 0.1) is 0 Å². The van der Waals surface area contributed by atoms with Crippen LogP contribution in [0.3, 0.4) is 0 Å². The zero-order valence-electron chi connectivity index (χ0n) is 14.3. The van der Waals surface area contributed by atoms with Crippen LogP contribution in [0.25, 0.3) is 0 Å². The van der Waals surface area contributed by atoms with Crippen molar-refractivity contribution in [2.75, 3.05) is 0 Å². The van der Waals surface area contributed by atoms with Crippen LogP contribution < -0.4 is 0 Å². The normalized spacial score (nSPS) is 16.7. The molecule has 1 aromatic carbocycles. The molecule has 1 unspecified atom stereocenters. The van der Waals surface area contributed by atoms with Crippen molar-refractivity contribution in [2.45, 2.75) is 38.8 Å². The maximum Gasteiger partial charge on any atom is 0.417 e. The molecule has 0 N–H and O–H groups in total. The van der Waals surface area contributed by atoms with Gasteiger partial charge in [-0.15, -0.1) is 0 Å². The van der Waals surface area contributed by atoms with E-state index in [1.54, 1.807) is 39.1 Å². The fraction of sp³-hybridized carbons (Fsp3) is 0.316. The van der Waals surface area contributed by atoms with E-state index in [4.69, 9.17) is 4.74 Å². The molecule has 6 heteroatoms. The van der Waals surface area contributed by atoms with E-state index in [2.05, 4.69) is 20.9 Å². The van der Waals surface area contributed by atoms with Gasteiger partial charge in [-0.3, -0.25) is 9.78 Å². The third-order valence-corrected chi connectivity index (χ3v) is 4.61. The summed E-state index contributed by atoms with van der Waals surface area (Å²) in [5.41, 5.74) is 1.45. The van der Waals surface area contributed by atoms with E-state index in [-0.39, 0.29) is 5.91 Å². The van der Waals surface area contributed by atoms with Crippen molar-refractivity contribution in [1.82, 2.24) is 9.88 Å². The minimum Gasteiger partial charge on any atom is -0.443 e. The summed E-state index contributed by atoms with van der Waals surface area (Å²) in [6.07, 6.45) is 1.48. The third-order valence-electron chi connectivity index (χ3n) is 3.89. The van der Waals surface area contributed by atoms with Crippen molar-refractivity contribution >= 4 is 27.9 Å². The quantitative estimate of drug-likeness (QED) is 0.740. The van der Waals surface area contributed by atoms with Crippen LogP contribution in [0.2, 0.25) is 0 Å². The smallest absolute Gasteiger partial charge is 0.417 e. The van der Waals surface area contributed by atoms with Gasteiger partial charge in [-0.25, -0.2) is 9.69 Å². The zero-order valence-corrected chi connectivity index (χ0v) is 15.9. The molecule has 2 aromatic rings. The Morgan fingerprint density at radius 1 is 1.24 bits per heavy atom. The number of rotatable bonds is 2. The summed E-state index contributed by atoms with van der Waals surface area (Å²) >= 11 is 3.48. The summed E-state index contributed by atoms with van der Waals surface area (Å²) in [6, 6.07) is 10.6. The number of hydrogen-bond acceptors (Lipinski definition) is 4. The van der Waals surface area contributed by atoms with E-state index in [1.165, 1.54) is 4.90 Å². The second-order valence-corrected chi connectivity index (χ2v) is 7.75. The summed E-state index contributed by atoms with van der Waals surface area (Å²) in [4.78, 5) is 31.1. The Kier molecular flexibility index (Phi) is 4.64. The molecule has 0 saturated heterocycles. The van der Waals surface area contributed by atoms with Gasteiger partial charge >= 0.3 is 6.09 Å². The van der Waals surface area contributed by atoms with Gasteiger partial charge in [-0.1, -0.05) is 18.2 Å². The van der Waals surface area contributed by atoms with Gasteiger partial charge in [0.2, 0.25) is 0 Å².